The van der Waals surface area contributed by atoms with E-state index < -0.39 is 22.5 Å². The number of nitrogens with zero attached hydrogens (tertiary/aromatic N) is 1. The molecule has 1 amide bonds. The number of ether oxygens (including phenoxy) is 2. The highest BCUT2D eigenvalue weighted by Crippen LogP contribution is 2.31. The SMILES string of the molecule is COc1ccccc1N(CC(=O)NCCOc1ccc(C)cc1)S(=O)(=O)c1ccccc1. The number of rotatable bonds is 10. The predicted molar refractivity (Wildman–Crippen MR) is 124 cm³/mol. The average Bonchev–Trinajstić information content (AvgIpc) is 2.82. The standard InChI is InChI=1S/C24H26N2O5S/c1-19-12-14-20(15-13-19)31-17-16-25-24(27)18-26(22-10-6-7-11-23(22)30-2)32(28,29)21-8-4-3-5-9-21/h3-15H,16-18H2,1-2H3,(H,25,27). The van der Waals surface area contributed by atoms with Crippen LogP contribution in [0.2, 0.25) is 0 Å². The lowest BCUT2D eigenvalue weighted by Gasteiger charge is -2.25. The lowest BCUT2D eigenvalue weighted by Crippen LogP contribution is -2.42. The molecular formula is C24H26N2O5S. The fraction of sp³-hybridized carbons (Fsp3) is 0.208. The maximum absolute atomic E-state index is 13.3. The Bertz CT molecular complexity index is 1130. The largest absolute Gasteiger partial charge is 0.495 e. The highest BCUT2D eigenvalue weighted by molar-refractivity contribution is 7.92. The number of hydrogen-bond acceptors (Lipinski definition) is 5. The van der Waals surface area contributed by atoms with E-state index in [1.54, 1.807) is 42.5 Å². The van der Waals surface area contributed by atoms with Crippen LogP contribution in [0.4, 0.5) is 5.69 Å². The molecule has 0 radical (unpaired) electrons. The monoisotopic (exact) mass is 454 g/mol. The van der Waals surface area contributed by atoms with Gasteiger partial charge in [-0.25, -0.2) is 8.42 Å². The summed E-state index contributed by atoms with van der Waals surface area (Å²) in [5.74, 6) is 0.595. The van der Waals surface area contributed by atoms with Crippen LogP contribution < -0.4 is 19.1 Å². The van der Waals surface area contributed by atoms with E-state index in [1.807, 2.05) is 31.2 Å². The maximum atomic E-state index is 13.3. The average molecular weight is 455 g/mol. The lowest BCUT2D eigenvalue weighted by atomic mass is 10.2. The quantitative estimate of drug-likeness (QED) is 0.475. The summed E-state index contributed by atoms with van der Waals surface area (Å²) in [5, 5.41) is 2.71. The number of nitrogens with one attached hydrogen (secondary N) is 1. The molecule has 0 aromatic heterocycles. The normalized spacial score (nSPS) is 10.9. The third kappa shape index (κ3) is 5.79. The molecule has 0 bridgehead atoms. The third-order valence-electron chi connectivity index (χ3n) is 4.69. The molecule has 3 aromatic rings. The van der Waals surface area contributed by atoms with Gasteiger partial charge in [0.2, 0.25) is 5.91 Å². The van der Waals surface area contributed by atoms with E-state index in [4.69, 9.17) is 9.47 Å². The van der Waals surface area contributed by atoms with Crippen LogP contribution in [-0.2, 0) is 14.8 Å². The minimum Gasteiger partial charge on any atom is -0.495 e. The molecule has 0 saturated carbocycles. The van der Waals surface area contributed by atoms with Gasteiger partial charge in [-0.15, -0.1) is 0 Å². The Morgan fingerprint density at radius 2 is 1.59 bits per heavy atom. The van der Waals surface area contributed by atoms with E-state index in [-0.39, 0.29) is 23.7 Å². The molecular weight excluding hydrogens is 428 g/mol. The van der Waals surface area contributed by atoms with Gasteiger partial charge in [-0.1, -0.05) is 48.0 Å². The van der Waals surface area contributed by atoms with Crippen LogP contribution in [0.25, 0.3) is 0 Å². The second-order valence-electron chi connectivity index (χ2n) is 7.01. The van der Waals surface area contributed by atoms with Gasteiger partial charge in [-0.2, -0.15) is 0 Å². The molecule has 0 spiro atoms. The number of anilines is 1. The molecule has 3 aromatic carbocycles. The summed E-state index contributed by atoms with van der Waals surface area (Å²) in [4.78, 5) is 12.7. The molecule has 0 aliphatic heterocycles. The van der Waals surface area contributed by atoms with Crippen molar-refractivity contribution < 1.29 is 22.7 Å². The van der Waals surface area contributed by atoms with Crippen LogP contribution in [0.3, 0.4) is 0 Å². The van der Waals surface area contributed by atoms with E-state index in [1.165, 1.54) is 19.2 Å². The van der Waals surface area contributed by atoms with Gasteiger partial charge in [-0.3, -0.25) is 9.10 Å². The number of carbonyl (C=O) groups is 1. The van der Waals surface area contributed by atoms with E-state index in [2.05, 4.69) is 5.32 Å². The van der Waals surface area contributed by atoms with Crippen LogP contribution in [-0.4, -0.2) is 41.1 Å². The van der Waals surface area contributed by atoms with Crippen molar-refractivity contribution in [3.8, 4) is 11.5 Å². The van der Waals surface area contributed by atoms with Crippen molar-refractivity contribution in [2.45, 2.75) is 11.8 Å². The number of methoxy groups -OCH3 is 1. The van der Waals surface area contributed by atoms with Crippen molar-refractivity contribution in [3.05, 3.63) is 84.4 Å². The molecule has 0 unspecified atom stereocenters. The Kier molecular flexibility index (Phi) is 7.72. The molecule has 168 valence electrons. The molecule has 0 heterocycles. The van der Waals surface area contributed by atoms with Gasteiger partial charge in [-0.05, 0) is 43.3 Å². The van der Waals surface area contributed by atoms with E-state index in [0.717, 1.165) is 9.87 Å². The first-order valence-corrected chi connectivity index (χ1v) is 11.5. The second-order valence-corrected chi connectivity index (χ2v) is 8.87. The van der Waals surface area contributed by atoms with Crippen molar-refractivity contribution in [3.63, 3.8) is 0 Å². The molecule has 7 nitrogen and oxygen atoms in total. The van der Waals surface area contributed by atoms with Crippen LogP contribution in [0.15, 0.2) is 83.8 Å². The summed E-state index contributed by atoms with van der Waals surface area (Å²) in [7, 11) is -2.55. The van der Waals surface area contributed by atoms with Crippen LogP contribution in [0, 0.1) is 6.92 Å². The van der Waals surface area contributed by atoms with Gasteiger partial charge >= 0.3 is 0 Å². The first kappa shape index (κ1) is 23.1. The predicted octanol–water partition coefficient (Wildman–Crippen LogP) is 3.39. The number of hydrogen-bond donors (Lipinski definition) is 1. The summed E-state index contributed by atoms with van der Waals surface area (Å²) in [5.41, 5.74) is 1.41. The van der Waals surface area contributed by atoms with Gasteiger partial charge in [0, 0.05) is 0 Å². The number of benzene rings is 3. The van der Waals surface area contributed by atoms with Gasteiger partial charge in [0.1, 0.15) is 24.7 Å². The molecule has 0 aliphatic carbocycles. The highest BCUT2D eigenvalue weighted by atomic mass is 32.2. The Morgan fingerprint density at radius 1 is 0.938 bits per heavy atom. The molecule has 1 N–H and O–H groups in total. The smallest absolute Gasteiger partial charge is 0.264 e. The molecule has 0 aliphatic rings. The molecule has 0 fully saturated rings. The maximum Gasteiger partial charge on any atom is 0.264 e. The molecule has 0 atom stereocenters. The lowest BCUT2D eigenvalue weighted by molar-refractivity contribution is -0.119. The van der Waals surface area contributed by atoms with Crippen LogP contribution >= 0.6 is 0 Å². The summed E-state index contributed by atoms with van der Waals surface area (Å²) >= 11 is 0. The Hall–Kier alpha value is -3.52. The number of sulfonamides is 1. The van der Waals surface area contributed by atoms with Gasteiger partial charge in [0.05, 0.1) is 24.2 Å². The Labute approximate surface area is 188 Å². The minimum absolute atomic E-state index is 0.0846. The van der Waals surface area contributed by atoms with Crippen molar-refractivity contribution in [1.29, 1.82) is 0 Å². The van der Waals surface area contributed by atoms with Crippen molar-refractivity contribution in [2.24, 2.45) is 0 Å². The van der Waals surface area contributed by atoms with Crippen LogP contribution in [0.1, 0.15) is 5.56 Å². The first-order valence-electron chi connectivity index (χ1n) is 10.1. The number of para-hydroxylation sites is 2. The summed E-state index contributed by atoms with van der Waals surface area (Å²) in [6.45, 7) is 2.08. The molecule has 8 heteroatoms. The fourth-order valence-electron chi connectivity index (χ4n) is 3.04. The zero-order valence-electron chi connectivity index (χ0n) is 18.0. The van der Waals surface area contributed by atoms with Gasteiger partial charge in [0.25, 0.3) is 10.0 Å². The Morgan fingerprint density at radius 3 is 2.28 bits per heavy atom. The third-order valence-corrected chi connectivity index (χ3v) is 6.46. The van der Waals surface area contributed by atoms with Gasteiger partial charge in [0.15, 0.2) is 0 Å². The fourth-order valence-corrected chi connectivity index (χ4v) is 4.49. The second kappa shape index (κ2) is 10.7. The molecule has 0 saturated heterocycles. The molecule has 3 rings (SSSR count). The number of amides is 1. The molecule has 32 heavy (non-hydrogen) atoms. The number of aryl methyl sites for hydroxylation is 1. The van der Waals surface area contributed by atoms with Gasteiger partial charge < -0.3 is 14.8 Å². The first-order chi connectivity index (χ1) is 15.4. The van der Waals surface area contributed by atoms with E-state index in [0.29, 0.717) is 11.5 Å². The zero-order valence-corrected chi connectivity index (χ0v) is 18.8. The summed E-state index contributed by atoms with van der Waals surface area (Å²) in [6, 6.07) is 22.2. The zero-order chi connectivity index (χ0) is 23.0. The topological polar surface area (TPSA) is 84.9 Å². The van der Waals surface area contributed by atoms with E-state index in [9.17, 15) is 13.2 Å². The highest BCUT2D eigenvalue weighted by Gasteiger charge is 2.29. The Balaban J connectivity index is 1.72. The van der Waals surface area contributed by atoms with Crippen molar-refractivity contribution in [2.75, 3.05) is 31.1 Å². The number of carbonyl (C=O) groups excluding carboxylic acids is 1. The van der Waals surface area contributed by atoms with Crippen LogP contribution in [0.5, 0.6) is 11.5 Å². The van der Waals surface area contributed by atoms with Crippen molar-refractivity contribution >= 4 is 21.6 Å². The summed E-state index contributed by atoms with van der Waals surface area (Å²) in [6.07, 6.45) is 0. The summed E-state index contributed by atoms with van der Waals surface area (Å²) < 4.78 is 38.7. The van der Waals surface area contributed by atoms with E-state index >= 15 is 0 Å². The minimum atomic E-state index is -4.00. The van der Waals surface area contributed by atoms with Crippen molar-refractivity contribution in [1.82, 2.24) is 5.32 Å².